The lowest BCUT2D eigenvalue weighted by atomic mass is 10.1. The van der Waals surface area contributed by atoms with Crippen LogP contribution in [0.25, 0.3) is 0 Å². The summed E-state index contributed by atoms with van der Waals surface area (Å²) in [5.74, 6) is -0.933. The van der Waals surface area contributed by atoms with Crippen LogP contribution in [0.2, 0.25) is 0 Å². The molecule has 0 saturated heterocycles. The lowest BCUT2D eigenvalue weighted by molar-refractivity contribution is -0.167. The highest BCUT2D eigenvalue weighted by atomic mass is 16.6. The molecule has 0 aromatic rings. The summed E-state index contributed by atoms with van der Waals surface area (Å²) >= 11 is 0. The summed E-state index contributed by atoms with van der Waals surface area (Å²) in [6.45, 7) is 6.43. The zero-order valence-corrected chi connectivity index (χ0v) is 39.2. The van der Waals surface area contributed by atoms with E-state index in [0.29, 0.717) is 19.3 Å². The first kappa shape index (κ1) is 56.9. The maximum Gasteiger partial charge on any atom is 0.306 e. The maximum absolute atomic E-state index is 12.8. The van der Waals surface area contributed by atoms with Gasteiger partial charge in [0.15, 0.2) is 6.10 Å². The lowest BCUT2D eigenvalue weighted by Gasteiger charge is -2.18. The summed E-state index contributed by atoms with van der Waals surface area (Å²) < 4.78 is 16.7. The summed E-state index contributed by atoms with van der Waals surface area (Å²) in [6.07, 6.45) is 60.2. The van der Waals surface area contributed by atoms with Crippen molar-refractivity contribution in [1.29, 1.82) is 0 Å². The van der Waals surface area contributed by atoms with E-state index in [1.165, 1.54) is 64.2 Å². The predicted octanol–water partition coefficient (Wildman–Crippen LogP) is 16.3. The lowest BCUT2D eigenvalue weighted by Crippen LogP contribution is -2.30. The third kappa shape index (κ3) is 45.9. The fourth-order valence-corrected chi connectivity index (χ4v) is 6.66. The van der Waals surface area contributed by atoms with E-state index in [9.17, 15) is 14.4 Å². The van der Waals surface area contributed by atoms with Crippen molar-refractivity contribution in [3.05, 3.63) is 72.9 Å². The van der Waals surface area contributed by atoms with Crippen LogP contribution >= 0.6 is 0 Å². The van der Waals surface area contributed by atoms with Gasteiger partial charge >= 0.3 is 17.9 Å². The Morgan fingerprint density at radius 1 is 0.350 bits per heavy atom. The van der Waals surface area contributed by atoms with E-state index < -0.39 is 6.10 Å². The fourth-order valence-electron chi connectivity index (χ4n) is 6.66. The number of ether oxygens (including phenoxy) is 3. The van der Waals surface area contributed by atoms with Gasteiger partial charge in [0.2, 0.25) is 0 Å². The molecule has 0 aliphatic rings. The summed E-state index contributed by atoms with van der Waals surface area (Å²) in [7, 11) is 0. The molecule has 0 bridgehead atoms. The molecule has 0 radical (unpaired) electrons. The number of hydrogen-bond donors (Lipinski definition) is 0. The number of rotatable bonds is 44. The topological polar surface area (TPSA) is 78.9 Å². The molecule has 0 spiro atoms. The van der Waals surface area contributed by atoms with Crippen LogP contribution in [-0.2, 0) is 28.6 Å². The Morgan fingerprint density at radius 2 is 0.650 bits per heavy atom. The second kappa shape index (κ2) is 48.5. The maximum atomic E-state index is 12.8. The van der Waals surface area contributed by atoms with Gasteiger partial charge in [0.25, 0.3) is 0 Å². The van der Waals surface area contributed by atoms with Crippen molar-refractivity contribution < 1.29 is 28.6 Å². The molecule has 1 atom stereocenters. The van der Waals surface area contributed by atoms with Crippen molar-refractivity contribution in [3.8, 4) is 0 Å². The van der Waals surface area contributed by atoms with Crippen LogP contribution in [0.4, 0.5) is 0 Å². The van der Waals surface area contributed by atoms with Crippen molar-refractivity contribution in [2.45, 2.75) is 239 Å². The van der Waals surface area contributed by atoms with E-state index in [4.69, 9.17) is 14.2 Å². The first-order chi connectivity index (χ1) is 29.5. The zero-order valence-electron chi connectivity index (χ0n) is 39.2. The molecule has 0 heterocycles. The fraction of sp³-hybridized carbons (Fsp3) is 0.722. The van der Waals surface area contributed by atoms with Crippen LogP contribution < -0.4 is 0 Å². The van der Waals surface area contributed by atoms with Crippen molar-refractivity contribution in [3.63, 3.8) is 0 Å². The molecule has 0 saturated carbocycles. The molecular weight excluding hydrogens is 745 g/mol. The Labute approximate surface area is 370 Å². The molecule has 0 aliphatic heterocycles. The third-order valence-corrected chi connectivity index (χ3v) is 10.4. The zero-order chi connectivity index (χ0) is 43.7. The molecule has 6 heteroatoms. The van der Waals surface area contributed by atoms with Gasteiger partial charge in [0.05, 0.1) is 0 Å². The Morgan fingerprint density at radius 3 is 1.03 bits per heavy atom. The van der Waals surface area contributed by atoms with Crippen molar-refractivity contribution in [2.24, 2.45) is 0 Å². The SMILES string of the molecule is CC/C=C\C/C=C\C/C=C\CCCCCCCC(=O)OC[C@@H](COC(=O)CCCCCCC/C=C\CCCCC)OC(=O)CCCCCCC/C=C\C/C=C\CCCCC. The minimum atomic E-state index is -0.792. The van der Waals surface area contributed by atoms with E-state index in [1.54, 1.807) is 0 Å². The van der Waals surface area contributed by atoms with Gasteiger partial charge in [-0.3, -0.25) is 14.4 Å². The molecular formula is C54H92O6. The van der Waals surface area contributed by atoms with E-state index in [1.807, 2.05) is 0 Å². The van der Waals surface area contributed by atoms with E-state index in [0.717, 1.165) is 128 Å². The number of esters is 3. The predicted molar refractivity (Wildman–Crippen MR) is 256 cm³/mol. The minimum absolute atomic E-state index is 0.0916. The van der Waals surface area contributed by atoms with Crippen LogP contribution in [-0.4, -0.2) is 37.2 Å². The normalized spacial score (nSPS) is 12.7. The standard InChI is InChI=1S/C54H92O6/c1-4-7-10-13-16-19-22-25-27-29-32-35-38-41-44-47-53(56)59-50-51(49-58-52(55)46-43-40-37-34-31-24-21-18-15-12-9-6-3)60-54(57)48-45-42-39-36-33-30-28-26-23-20-17-14-11-8-5-2/h7,10,16-21,25-28,51H,4-6,8-9,11-15,22-24,29-50H2,1-3H3/b10-7-,19-16-,20-17-,21-18-,27-25-,28-26-/t51-/m1/s1. The van der Waals surface area contributed by atoms with Crippen molar-refractivity contribution in [1.82, 2.24) is 0 Å². The van der Waals surface area contributed by atoms with Gasteiger partial charge in [-0.25, -0.2) is 0 Å². The van der Waals surface area contributed by atoms with Crippen molar-refractivity contribution in [2.75, 3.05) is 13.2 Å². The number of allylic oxidation sites excluding steroid dienone is 12. The quantitative estimate of drug-likeness (QED) is 0.0263. The Bertz CT molecular complexity index is 1140. The molecule has 60 heavy (non-hydrogen) atoms. The van der Waals surface area contributed by atoms with Gasteiger partial charge in [-0.2, -0.15) is 0 Å². The van der Waals surface area contributed by atoms with Crippen LogP contribution in [0.5, 0.6) is 0 Å². The number of unbranched alkanes of at least 4 members (excludes halogenated alkanes) is 21. The monoisotopic (exact) mass is 837 g/mol. The molecule has 0 aromatic heterocycles. The Balaban J connectivity index is 4.45. The van der Waals surface area contributed by atoms with Crippen molar-refractivity contribution >= 4 is 17.9 Å². The highest BCUT2D eigenvalue weighted by molar-refractivity contribution is 5.71. The summed E-state index contributed by atoms with van der Waals surface area (Å²) in [5.41, 5.74) is 0. The second-order valence-corrected chi connectivity index (χ2v) is 16.3. The van der Waals surface area contributed by atoms with Gasteiger partial charge in [0.1, 0.15) is 13.2 Å². The summed E-state index contributed by atoms with van der Waals surface area (Å²) in [5, 5.41) is 0. The minimum Gasteiger partial charge on any atom is -0.462 e. The molecule has 0 aromatic carbocycles. The molecule has 0 aliphatic carbocycles. The molecule has 0 N–H and O–H groups in total. The molecule has 0 amide bonds. The number of carbonyl (C=O) groups is 3. The summed E-state index contributed by atoms with van der Waals surface area (Å²) in [6, 6.07) is 0. The first-order valence-electron chi connectivity index (χ1n) is 24.9. The van der Waals surface area contributed by atoms with Crippen LogP contribution in [0.3, 0.4) is 0 Å². The number of carbonyl (C=O) groups excluding carboxylic acids is 3. The van der Waals surface area contributed by atoms with Gasteiger partial charge in [0, 0.05) is 19.3 Å². The highest BCUT2D eigenvalue weighted by Gasteiger charge is 2.19. The Hall–Kier alpha value is -3.15. The molecule has 0 unspecified atom stereocenters. The largest absolute Gasteiger partial charge is 0.462 e. The van der Waals surface area contributed by atoms with Gasteiger partial charge in [-0.15, -0.1) is 0 Å². The van der Waals surface area contributed by atoms with E-state index >= 15 is 0 Å². The second-order valence-electron chi connectivity index (χ2n) is 16.3. The molecule has 0 fully saturated rings. The van der Waals surface area contributed by atoms with Crippen LogP contribution in [0, 0.1) is 0 Å². The first-order valence-corrected chi connectivity index (χ1v) is 24.9. The summed E-state index contributed by atoms with van der Waals surface area (Å²) in [4.78, 5) is 37.9. The average molecular weight is 837 g/mol. The van der Waals surface area contributed by atoms with Gasteiger partial charge in [-0.05, 0) is 109 Å². The van der Waals surface area contributed by atoms with E-state index in [-0.39, 0.29) is 31.1 Å². The van der Waals surface area contributed by atoms with E-state index in [2.05, 4.69) is 93.7 Å². The molecule has 0 rings (SSSR count). The Kier molecular flexibility index (Phi) is 46.0. The van der Waals surface area contributed by atoms with Crippen LogP contribution in [0.15, 0.2) is 72.9 Å². The smallest absolute Gasteiger partial charge is 0.306 e. The van der Waals surface area contributed by atoms with Crippen LogP contribution in [0.1, 0.15) is 233 Å². The average Bonchev–Trinajstić information content (AvgIpc) is 3.24. The number of hydrogen-bond acceptors (Lipinski definition) is 6. The van der Waals surface area contributed by atoms with Gasteiger partial charge in [-0.1, -0.05) is 177 Å². The van der Waals surface area contributed by atoms with Gasteiger partial charge < -0.3 is 14.2 Å². The highest BCUT2D eigenvalue weighted by Crippen LogP contribution is 2.13. The third-order valence-electron chi connectivity index (χ3n) is 10.4. The molecule has 6 nitrogen and oxygen atoms in total. The molecule has 344 valence electrons.